The molecule has 2 rings (SSSR count). The summed E-state index contributed by atoms with van der Waals surface area (Å²) in [4.78, 5) is 2.41. The van der Waals surface area contributed by atoms with Gasteiger partial charge in [-0.05, 0) is 32.0 Å². The molecule has 2 unspecified atom stereocenters. The van der Waals surface area contributed by atoms with Crippen LogP contribution >= 0.6 is 0 Å². The van der Waals surface area contributed by atoms with Crippen molar-refractivity contribution in [2.75, 3.05) is 20.1 Å². The van der Waals surface area contributed by atoms with Crippen LogP contribution in [-0.2, 0) is 0 Å². The van der Waals surface area contributed by atoms with E-state index in [2.05, 4.69) is 54.5 Å². The first-order valence-corrected chi connectivity index (χ1v) is 6.79. The van der Waals surface area contributed by atoms with E-state index in [0.717, 1.165) is 0 Å². The maximum Gasteiger partial charge on any atom is 0.0323 e. The third kappa shape index (κ3) is 3.55. The Morgan fingerprint density at radius 1 is 1.35 bits per heavy atom. The molecule has 1 fully saturated rings. The molecule has 17 heavy (non-hydrogen) atoms. The molecule has 1 aromatic rings. The van der Waals surface area contributed by atoms with Crippen LogP contribution in [0, 0.1) is 0 Å². The lowest BCUT2D eigenvalue weighted by Crippen LogP contribution is -2.34. The fraction of sp³-hybridized carbons (Fsp3) is 0.600. The van der Waals surface area contributed by atoms with Crippen molar-refractivity contribution in [3.8, 4) is 0 Å². The van der Waals surface area contributed by atoms with Gasteiger partial charge in [0.25, 0.3) is 0 Å². The molecule has 1 aliphatic heterocycles. The fourth-order valence-electron chi connectivity index (χ4n) is 2.68. The van der Waals surface area contributed by atoms with Gasteiger partial charge in [-0.15, -0.1) is 0 Å². The molecule has 0 aromatic heterocycles. The lowest BCUT2D eigenvalue weighted by molar-refractivity contribution is 0.374. The first-order chi connectivity index (χ1) is 8.29. The second-order valence-electron chi connectivity index (χ2n) is 5.17. The minimum Gasteiger partial charge on any atom is -0.306 e. The highest BCUT2D eigenvalue weighted by atomic mass is 15.2. The maximum absolute atomic E-state index is 3.82. The van der Waals surface area contributed by atoms with E-state index < -0.39 is 0 Å². The molecule has 2 nitrogen and oxygen atoms in total. The molecular formula is C15H24N2. The van der Waals surface area contributed by atoms with Crippen LogP contribution in [0.25, 0.3) is 0 Å². The van der Waals surface area contributed by atoms with Crippen LogP contribution in [0.3, 0.4) is 0 Å². The summed E-state index contributed by atoms with van der Waals surface area (Å²) in [7, 11) is 2.21. The summed E-state index contributed by atoms with van der Waals surface area (Å²) in [6.07, 6.45) is 3.74. The quantitative estimate of drug-likeness (QED) is 0.840. The molecule has 2 heteroatoms. The molecule has 0 bridgehead atoms. The Labute approximate surface area is 105 Å². The smallest absolute Gasteiger partial charge is 0.0323 e. The summed E-state index contributed by atoms with van der Waals surface area (Å²) in [5.41, 5.74) is 1.43. The molecule has 1 aromatic carbocycles. The van der Waals surface area contributed by atoms with Gasteiger partial charge < -0.3 is 10.2 Å². The number of benzene rings is 1. The second-order valence-corrected chi connectivity index (χ2v) is 5.17. The minimum atomic E-state index is 0.526. The monoisotopic (exact) mass is 232 g/mol. The molecule has 0 radical (unpaired) electrons. The number of likely N-dealkylation sites (N-methyl/N-ethyl adjacent to an activating group) is 1. The lowest BCUT2D eigenvalue weighted by atomic mass is 10.0. The van der Waals surface area contributed by atoms with Crippen molar-refractivity contribution in [2.45, 2.75) is 38.3 Å². The number of likely N-dealkylation sites (tertiary alicyclic amines) is 1. The Bertz CT molecular complexity index is 323. The van der Waals surface area contributed by atoms with Crippen molar-refractivity contribution in [3.05, 3.63) is 35.9 Å². The van der Waals surface area contributed by atoms with E-state index in [0.29, 0.717) is 12.1 Å². The van der Waals surface area contributed by atoms with Crippen LogP contribution in [0.5, 0.6) is 0 Å². The predicted molar refractivity (Wildman–Crippen MR) is 73.1 cm³/mol. The van der Waals surface area contributed by atoms with Gasteiger partial charge in [-0.1, -0.05) is 43.7 Å². The van der Waals surface area contributed by atoms with E-state index in [1.54, 1.807) is 0 Å². The second kappa shape index (κ2) is 6.18. The van der Waals surface area contributed by atoms with Gasteiger partial charge in [0.05, 0.1) is 0 Å². The number of rotatable bonds is 5. The molecule has 1 aliphatic rings. The van der Waals surface area contributed by atoms with Crippen molar-refractivity contribution in [2.24, 2.45) is 0 Å². The Morgan fingerprint density at radius 3 is 2.71 bits per heavy atom. The van der Waals surface area contributed by atoms with E-state index >= 15 is 0 Å². The van der Waals surface area contributed by atoms with Crippen LogP contribution in [-0.4, -0.2) is 31.1 Å². The highest BCUT2D eigenvalue weighted by molar-refractivity contribution is 5.19. The largest absolute Gasteiger partial charge is 0.306 e. The van der Waals surface area contributed by atoms with Gasteiger partial charge in [0.15, 0.2) is 0 Å². The summed E-state index contributed by atoms with van der Waals surface area (Å²) in [6.45, 7) is 4.68. The fourth-order valence-corrected chi connectivity index (χ4v) is 2.68. The summed E-state index contributed by atoms with van der Waals surface area (Å²) in [5.74, 6) is 0. The Kier molecular flexibility index (Phi) is 4.57. The van der Waals surface area contributed by atoms with Crippen molar-refractivity contribution in [1.29, 1.82) is 0 Å². The van der Waals surface area contributed by atoms with Crippen molar-refractivity contribution in [3.63, 3.8) is 0 Å². The number of hydrogen-bond acceptors (Lipinski definition) is 2. The molecular weight excluding hydrogens is 208 g/mol. The van der Waals surface area contributed by atoms with Crippen LogP contribution in [0.15, 0.2) is 30.3 Å². The normalized spacial score (nSPS) is 22.8. The maximum atomic E-state index is 3.82. The van der Waals surface area contributed by atoms with Gasteiger partial charge >= 0.3 is 0 Å². The number of hydrogen-bond donors (Lipinski definition) is 1. The number of nitrogens with zero attached hydrogens (tertiary/aromatic N) is 1. The van der Waals surface area contributed by atoms with Crippen molar-refractivity contribution >= 4 is 0 Å². The minimum absolute atomic E-state index is 0.526. The molecule has 0 saturated carbocycles. The zero-order valence-electron chi connectivity index (χ0n) is 11.0. The van der Waals surface area contributed by atoms with Crippen LogP contribution in [0.1, 0.15) is 37.8 Å². The number of nitrogens with one attached hydrogen (secondary N) is 1. The Hall–Kier alpha value is -0.860. The van der Waals surface area contributed by atoms with E-state index in [1.807, 2.05) is 0 Å². The average molecular weight is 232 g/mol. The SMILES string of the molecule is CCCC(NC1CCN(C)C1)c1ccccc1. The summed E-state index contributed by atoms with van der Waals surface area (Å²) in [5, 5.41) is 3.82. The molecule has 1 heterocycles. The van der Waals surface area contributed by atoms with Gasteiger partial charge in [0, 0.05) is 18.6 Å². The van der Waals surface area contributed by atoms with E-state index in [1.165, 1.54) is 37.9 Å². The van der Waals surface area contributed by atoms with Crippen LogP contribution in [0.2, 0.25) is 0 Å². The topological polar surface area (TPSA) is 15.3 Å². The van der Waals surface area contributed by atoms with E-state index in [4.69, 9.17) is 0 Å². The molecule has 0 spiro atoms. The van der Waals surface area contributed by atoms with Crippen LogP contribution in [0.4, 0.5) is 0 Å². The van der Waals surface area contributed by atoms with Crippen LogP contribution < -0.4 is 5.32 Å². The predicted octanol–water partition coefficient (Wildman–Crippen LogP) is 2.82. The van der Waals surface area contributed by atoms with E-state index in [9.17, 15) is 0 Å². The summed E-state index contributed by atoms with van der Waals surface area (Å²) >= 11 is 0. The average Bonchev–Trinajstić information content (AvgIpc) is 2.75. The third-order valence-corrected chi connectivity index (χ3v) is 3.61. The standard InChI is InChI=1S/C15H24N2/c1-3-7-15(13-8-5-4-6-9-13)16-14-10-11-17(2)12-14/h4-6,8-9,14-16H,3,7,10-12H2,1-2H3. The van der Waals surface area contributed by atoms with Crippen molar-refractivity contribution < 1.29 is 0 Å². The first-order valence-electron chi connectivity index (χ1n) is 6.79. The van der Waals surface area contributed by atoms with Gasteiger partial charge in [-0.2, -0.15) is 0 Å². The first kappa shape index (κ1) is 12.6. The zero-order valence-corrected chi connectivity index (χ0v) is 11.0. The molecule has 1 saturated heterocycles. The molecule has 2 atom stereocenters. The van der Waals surface area contributed by atoms with E-state index in [-0.39, 0.29) is 0 Å². The Balaban J connectivity index is 1.98. The van der Waals surface area contributed by atoms with Gasteiger partial charge in [0.1, 0.15) is 0 Å². The molecule has 0 aliphatic carbocycles. The zero-order chi connectivity index (χ0) is 12.1. The summed E-state index contributed by atoms with van der Waals surface area (Å²) < 4.78 is 0. The molecule has 94 valence electrons. The highest BCUT2D eigenvalue weighted by Crippen LogP contribution is 2.20. The van der Waals surface area contributed by atoms with Gasteiger partial charge in [-0.3, -0.25) is 0 Å². The summed E-state index contributed by atoms with van der Waals surface area (Å²) in [6, 6.07) is 12.0. The highest BCUT2D eigenvalue weighted by Gasteiger charge is 2.22. The molecule has 1 N–H and O–H groups in total. The third-order valence-electron chi connectivity index (χ3n) is 3.61. The lowest BCUT2D eigenvalue weighted by Gasteiger charge is -2.23. The van der Waals surface area contributed by atoms with Crippen molar-refractivity contribution in [1.82, 2.24) is 10.2 Å². The molecule has 0 amide bonds. The van der Waals surface area contributed by atoms with Gasteiger partial charge in [-0.25, -0.2) is 0 Å². The Morgan fingerprint density at radius 2 is 2.12 bits per heavy atom. The van der Waals surface area contributed by atoms with Gasteiger partial charge in [0.2, 0.25) is 0 Å².